The van der Waals surface area contributed by atoms with Crippen molar-refractivity contribution in [3.8, 4) is 0 Å². The highest BCUT2D eigenvalue weighted by molar-refractivity contribution is 4.92. The van der Waals surface area contributed by atoms with Crippen LogP contribution in [0.15, 0.2) is 0 Å². The van der Waals surface area contributed by atoms with Crippen LogP contribution in [0.1, 0.15) is 25.7 Å². The Hall–Kier alpha value is -0.0800. The van der Waals surface area contributed by atoms with Crippen LogP contribution >= 0.6 is 0 Å². The fourth-order valence-corrected chi connectivity index (χ4v) is 2.81. The summed E-state index contributed by atoms with van der Waals surface area (Å²) >= 11 is 0. The maximum absolute atomic E-state index is 9.68. The van der Waals surface area contributed by atoms with Crippen molar-refractivity contribution in [3.05, 3.63) is 0 Å². The van der Waals surface area contributed by atoms with Crippen LogP contribution in [-0.4, -0.2) is 17.8 Å². The molecule has 2 fully saturated rings. The van der Waals surface area contributed by atoms with Crippen molar-refractivity contribution in [1.82, 2.24) is 0 Å². The summed E-state index contributed by atoms with van der Waals surface area (Å²) in [6, 6.07) is 0. The Morgan fingerprint density at radius 2 is 1.73 bits per heavy atom. The molecule has 0 aromatic rings. The van der Waals surface area contributed by atoms with Gasteiger partial charge in [-0.05, 0) is 50.0 Å². The Kier molecular flexibility index (Phi) is 1.90. The van der Waals surface area contributed by atoms with Crippen LogP contribution in [0, 0.1) is 17.8 Å². The van der Waals surface area contributed by atoms with Crippen LogP contribution in [0.4, 0.5) is 0 Å². The van der Waals surface area contributed by atoms with Crippen LogP contribution in [0.2, 0.25) is 0 Å². The minimum atomic E-state index is 0.0119. The number of aliphatic hydroxyl groups is 1. The maximum Gasteiger partial charge on any atom is 0.0596 e. The first kappa shape index (κ1) is 7.56. The summed E-state index contributed by atoms with van der Waals surface area (Å²) in [5, 5.41) is 9.68. The molecule has 0 radical (unpaired) electrons. The Morgan fingerprint density at radius 1 is 1.18 bits per heavy atom. The van der Waals surface area contributed by atoms with Crippen LogP contribution in [0.3, 0.4) is 0 Å². The van der Waals surface area contributed by atoms with E-state index in [0.717, 1.165) is 6.54 Å². The van der Waals surface area contributed by atoms with E-state index in [2.05, 4.69) is 0 Å². The molecule has 2 unspecified atom stereocenters. The topological polar surface area (TPSA) is 46.2 Å². The van der Waals surface area contributed by atoms with Gasteiger partial charge >= 0.3 is 0 Å². The highest BCUT2D eigenvalue weighted by Crippen LogP contribution is 2.44. The first-order chi connectivity index (χ1) is 5.31. The average Bonchev–Trinajstić information content (AvgIpc) is 2.26. The Bertz CT molecular complexity index is 134. The van der Waals surface area contributed by atoms with E-state index in [1.54, 1.807) is 0 Å². The molecule has 0 saturated heterocycles. The van der Waals surface area contributed by atoms with E-state index < -0.39 is 0 Å². The first-order valence-corrected chi connectivity index (χ1v) is 4.69. The molecule has 2 saturated carbocycles. The predicted octanol–water partition coefficient (Wildman–Crippen LogP) is 0.742. The van der Waals surface area contributed by atoms with Crippen molar-refractivity contribution in [3.63, 3.8) is 0 Å². The van der Waals surface area contributed by atoms with E-state index in [0.29, 0.717) is 17.8 Å². The first-order valence-electron chi connectivity index (χ1n) is 4.69. The van der Waals surface area contributed by atoms with Crippen molar-refractivity contribution in [2.45, 2.75) is 31.8 Å². The lowest BCUT2D eigenvalue weighted by Gasteiger charge is -2.31. The summed E-state index contributed by atoms with van der Waals surface area (Å²) in [7, 11) is 0. The fraction of sp³-hybridized carbons (Fsp3) is 1.00. The van der Waals surface area contributed by atoms with E-state index >= 15 is 0 Å². The third-order valence-corrected chi connectivity index (χ3v) is 3.48. The highest BCUT2D eigenvalue weighted by atomic mass is 16.3. The number of rotatable bonds is 1. The number of aliphatic hydroxyl groups excluding tert-OH is 1. The van der Waals surface area contributed by atoms with Gasteiger partial charge in [0.25, 0.3) is 0 Å². The van der Waals surface area contributed by atoms with Crippen LogP contribution < -0.4 is 5.73 Å². The number of fused-ring (bicyclic) bond motifs is 2. The van der Waals surface area contributed by atoms with Gasteiger partial charge in [0.15, 0.2) is 0 Å². The molecular formula is C9H17NO. The SMILES string of the molecule is NCC1CC2CCC(C1)C2O. The summed E-state index contributed by atoms with van der Waals surface area (Å²) in [6.45, 7) is 0.819. The third kappa shape index (κ3) is 1.18. The van der Waals surface area contributed by atoms with Crippen molar-refractivity contribution >= 4 is 0 Å². The molecule has 2 heteroatoms. The van der Waals surface area contributed by atoms with E-state index in [4.69, 9.17) is 5.73 Å². The van der Waals surface area contributed by atoms with Crippen molar-refractivity contribution in [2.75, 3.05) is 6.54 Å². The van der Waals surface area contributed by atoms with Gasteiger partial charge in [-0.1, -0.05) is 0 Å². The normalized spacial score (nSPS) is 49.6. The van der Waals surface area contributed by atoms with Gasteiger partial charge in [0.05, 0.1) is 6.10 Å². The molecule has 0 heterocycles. The van der Waals surface area contributed by atoms with Gasteiger partial charge in [0.1, 0.15) is 0 Å². The van der Waals surface area contributed by atoms with Gasteiger partial charge in [-0.2, -0.15) is 0 Å². The molecule has 0 aliphatic heterocycles. The molecule has 2 atom stereocenters. The van der Waals surface area contributed by atoms with Crippen LogP contribution in [-0.2, 0) is 0 Å². The van der Waals surface area contributed by atoms with Gasteiger partial charge in [-0.15, -0.1) is 0 Å². The van der Waals surface area contributed by atoms with E-state index in [1.807, 2.05) is 0 Å². The largest absolute Gasteiger partial charge is 0.393 e. The predicted molar refractivity (Wildman–Crippen MR) is 44.0 cm³/mol. The van der Waals surface area contributed by atoms with E-state index in [9.17, 15) is 5.11 Å². The number of hydrogen-bond acceptors (Lipinski definition) is 2. The van der Waals surface area contributed by atoms with Crippen molar-refractivity contribution in [1.29, 1.82) is 0 Å². The molecule has 11 heavy (non-hydrogen) atoms. The molecule has 2 rings (SSSR count). The molecule has 64 valence electrons. The minimum absolute atomic E-state index is 0.0119. The molecule has 0 spiro atoms. The van der Waals surface area contributed by atoms with Crippen LogP contribution in [0.25, 0.3) is 0 Å². The molecular weight excluding hydrogens is 138 g/mol. The van der Waals surface area contributed by atoms with Crippen molar-refractivity contribution < 1.29 is 5.11 Å². The molecule has 2 aliphatic rings. The quantitative estimate of drug-likeness (QED) is 0.586. The molecule has 0 aromatic carbocycles. The molecule has 2 aliphatic carbocycles. The van der Waals surface area contributed by atoms with Gasteiger partial charge in [0, 0.05) is 0 Å². The minimum Gasteiger partial charge on any atom is -0.393 e. The molecule has 2 nitrogen and oxygen atoms in total. The second-order valence-electron chi connectivity index (χ2n) is 4.16. The monoisotopic (exact) mass is 155 g/mol. The average molecular weight is 155 g/mol. The number of nitrogens with two attached hydrogens (primary N) is 1. The summed E-state index contributed by atoms with van der Waals surface area (Å²) in [5.74, 6) is 1.88. The maximum atomic E-state index is 9.68. The zero-order valence-electron chi connectivity index (χ0n) is 6.87. The summed E-state index contributed by atoms with van der Waals surface area (Å²) in [4.78, 5) is 0. The summed E-state index contributed by atoms with van der Waals surface area (Å²) in [6.07, 6.45) is 4.84. The molecule has 0 aromatic heterocycles. The van der Waals surface area contributed by atoms with E-state index in [1.165, 1.54) is 25.7 Å². The molecule has 0 amide bonds. The standard InChI is InChI=1S/C9H17NO/c10-5-6-3-7-1-2-8(4-6)9(7)11/h6-9,11H,1-5,10H2. The van der Waals surface area contributed by atoms with E-state index in [-0.39, 0.29) is 6.10 Å². The second kappa shape index (κ2) is 2.76. The smallest absolute Gasteiger partial charge is 0.0596 e. The number of hydrogen-bond donors (Lipinski definition) is 2. The Labute approximate surface area is 67.8 Å². The lowest BCUT2D eigenvalue weighted by molar-refractivity contribution is 0.0400. The van der Waals surface area contributed by atoms with Crippen LogP contribution in [0.5, 0.6) is 0 Å². The van der Waals surface area contributed by atoms with Gasteiger partial charge < -0.3 is 10.8 Å². The lowest BCUT2D eigenvalue weighted by atomic mass is 9.79. The second-order valence-corrected chi connectivity index (χ2v) is 4.16. The van der Waals surface area contributed by atoms with Gasteiger partial charge in [0.2, 0.25) is 0 Å². The fourth-order valence-electron chi connectivity index (χ4n) is 2.81. The Morgan fingerprint density at radius 3 is 2.18 bits per heavy atom. The van der Waals surface area contributed by atoms with Gasteiger partial charge in [-0.25, -0.2) is 0 Å². The summed E-state index contributed by atoms with van der Waals surface area (Å²) < 4.78 is 0. The Balaban J connectivity index is 2.02. The highest BCUT2D eigenvalue weighted by Gasteiger charge is 2.40. The third-order valence-electron chi connectivity index (χ3n) is 3.48. The van der Waals surface area contributed by atoms with Gasteiger partial charge in [-0.3, -0.25) is 0 Å². The van der Waals surface area contributed by atoms with Crippen molar-refractivity contribution in [2.24, 2.45) is 23.5 Å². The summed E-state index contributed by atoms with van der Waals surface area (Å²) in [5.41, 5.74) is 5.62. The molecule has 3 N–H and O–H groups in total. The lowest BCUT2D eigenvalue weighted by Crippen LogP contribution is -2.33. The zero-order chi connectivity index (χ0) is 7.84. The molecule has 2 bridgehead atoms. The zero-order valence-corrected chi connectivity index (χ0v) is 6.87.